The third-order valence-corrected chi connectivity index (χ3v) is 5.12. The molecule has 0 saturated carbocycles. The summed E-state index contributed by atoms with van der Waals surface area (Å²) < 4.78 is 30.3. The molecule has 0 spiro atoms. The molecule has 2 aromatic rings. The van der Waals surface area contributed by atoms with Crippen molar-refractivity contribution in [3.05, 3.63) is 33.3 Å². The van der Waals surface area contributed by atoms with Crippen LogP contribution >= 0.6 is 15.9 Å². The Balaban J connectivity index is 1.72. The van der Waals surface area contributed by atoms with Crippen molar-refractivity contribution in [1.29, 1.82) is 0 Å². The maximum atomic E-state index is 13.1. The fraction of sp³-hybridized carbons (Fsp3) is 0.562. The number of hydrogen-bond acceptors (Lipinski definition) is 3. The molecule has 6 nitrogen and oxygen atoms in total. The summed E-state index contributed by atoms with van der Waals surface area (Å²) in [6.07, 6.45) is 1.40. The fourth-order valence-electron chi connectivity index (χ4n) is 3.11. The van der Waals surface area contributed by atoms with Gasteiger partial charge in [0, 0.05) is 31.0 Å². The predicted molar refractivity (Wildman–Crippen MR) is 91.3 cm³/mol. The van der Waals surface area contributed by atoms with Gasteiger partial charge in [0.25, 0.3) is 6.43 Å². The molecule has 136 valence electrons. The van der Waals surface area contributed by atoms with Gasteiger partial charge in [0.2, 0.25) is 5.91 Å². The topological polar surface area (TPSA) is 56.0 Å². The number of likely N-dealkylation sites (N-methyl/N-ethyl adjacent to an activating group) is 1. The molecule has 9 heteroatoms. The summed E-state index contributed by atoms with van der Waals surface area (Å²) in [7, 11) is 1.68. The Morgan fingerprint density at radius 3 is 2.80 bits per heavy atom. The van der Waals surface area contributed by atoms with Crippen LogP contribution < -0.4 is 0 Å². The second-order valence-corrected chi connectivity index (χ2v) is 7.01. The molecule has 0 aromatic carbocycles. The average molecular weight is 416 g/mol. The standard InChI is InChI=1S/C16H20BrF2N5O/c1-3-23-7-11(17)12(20-23)8-22(2)14(25)9-24-13-6-4-5-10(13)15(21-24)16(18)19/h7,16H,3-6,8-9H2,1-2H3. The minimum absolute atomic E-state index is 0.0301. The van der Waals surface area contributed by atoms with E-state index in [1.807, 2.05) is 13.1 Å². The maximum absolute atomic E-state index is 13.1. The van der Waals surface area contributed by atoms with Gasteiger partial charge in [-0.2, -0.15) is 10.2 Å². The van der Waals surface area contributed by atoms with E-state index in [1.165, 1.54) is 9.58 Å². The first-order valence-corrected chi connectivity index (χ1v) is 9.02. The molecule has 2 aromatic heterocycles. The van der Waals surface area contributed by atoms with Gasteiger partial charge in [-0.25, -0.2) is 8.78 Å². The molecule has 0 saturated heterocycles. The Morgan fingerprint density at radius 1 is 1.40 bits per heavy atom. The summed E-state index contributed by atoms with van der Waals surface area (Å²) >= 11 is 3.44. The van der Waals surface area contributed by atoms with Crippen LogP contribution in [0.4, 0.5) is 8.78 Å². The minimum Gasteiger partial charge on any atom is -0.338 e. The molecule has 25 heavy (non-hydrogen) atoms. The van der Waals surface area contributed by atoms with E-state index in [9.17, 15) is 13.6 Å². The number of hydrogen-bond donors (Lipinski definition) is 0. The third-order valence-electron chi connectivity index (χ3n) is 4.45. The first-order valence-electron chi connectivity index (χ1n) is 8.23. The molecule has 1 amide bonds. The largest absolute Gasteiger partial charge is 0.338 e. The van der Waals surface area contributed by atoms with E-state index < -0.39 is 6.43 Å². The van der Waals surface area contributed by atoms with Gasteiger partial charge in [-0.1, -0.05) is 0 Å². The van der Waals surface area contributed by atoms with E-state index in [4.69, 9.17) is 0 Å². The number of rotatable bonds is 6. The zero-order valence-electron chi connectivity index (χ0n) is 14.2. The Labute approximate surface area is 152 Å². The van der Waals surface area contributed by atoms with Gasteiger partial charge in [0.15, 0.2) is 0 Å². The quantitative estimate of drug-likeness (QED) is 0.728. The molecule has 0 aliphatic heterocycles. The summed E-state index contributed by atoms with van der Waals surface area (Å²) in [5.74, 6) is -0.184. The van der Waals surface area contributed by atoms with Gasteiger partial charge in [0.1, 0.15) is 12.2 Å². The molecule has 2 heterocycles. The van der Waals surface area contributed by atoms with Gasteiger partial charge in [-0.05, 0) is 42.1 Å². The second-order valence-electron chi connectivity index (χ2n) is 6.15. The number of amides is 1. The Kier molecular flexibility index (Phi) is 5.21. The lowest BCUT2D eigenvalue weighted by atomic mass is 10.2. The monoisotopic (exact) mass is 415 g/mol. The van der Waals surface area contributed by atoms with Gasteiger partial charge < -0.3 is 4.90 Å². The number of carbonyl (C=O) groups excluding carboxylic acids is 1. The number of alkyl halides is 2. The normalized spacial score (nSPS) is 13.5. The molecule has 0 radical (unpaired) electrons. The molecule has 3 rings (SSSR count). The van der Waals surface area contributed by atoms with Crippen molar-refractivity contribution in [2.24, 2.45) is 0 Å². The molecule has 0 N–H and O–H groups in total. The summed E-state index contributed by atoms with van der Waals surface area (Å²) in [6, 6.07) is 0. The number of carbonyl (C=O) groups is 1. The number of aryl methyl sites for hydroxylation is 1. The molecule has 0 bridgehead atoms. The number of fused-ring (bicyclic) bond motifs is 1. The van der Waals surface area contributed by atoms with Gasteiger partial charge in [-0.3, -0.25) is 14.2 Å². The maximum Gasteiger partial charge on any atom is 0.282 e. The van der Waals surface area contributed by atoms with Crippen molar-refractivity contribution < 1.29 is 13.6 Å². The Morgan fingerprint density at radius 2 is 2.16 bits per heavy atom. The van der Waals surface area contributed by atoms with E-state index in [0.717, 1.165) is 28.8 Å². The van der Waals surface area contributed by atoms with Crippen molar-refractivity contribution in [2.75, 3.05) is 7.05 Å². The van der Waals surface area contributed by atoms with Crippen LogP contribution in [0.1, 0.15) is 42.4 Å². The van der Waals surface area contributed by atoms with E-state index >= 15 is 0 Å². The van der Waals surface area contributed by atoms with Crippen LogP contribution in [0.2, 0.25) is 0 Å². The van der Waals surface area contributed by atoms with Gasteiger partial charge in [0.05, 0.1) is 16.7 Å². The average Bonchev–Trinajstić information content (AvgIpc) is 3.24. The lowest BCUT2D eigenvalue weighted by Gasteiger charge is -2.17. The fourth-order valence-corrected chi connectivity index (χ4v) is 3.55. The summed E-state index contributed by atoms with van der Waals surface area (Å²) in [6.45, 7) is 3.04. The minimum atomic E-state index is -2.60. The smallest absolute Gasteiger partial charge is 0.282 e. The van der Waals surface area contributed by atoms with Gasteiger partial charge >= 0.3 is 0 Å². The van der Waals surface area contributed by atoms with Crippen molar-refractivity contribution in [3.63, 3.8) is 0 Å². The van der Waals surface area contributed by atoms with Crippen LogP contribution in [0, 0.1) is 0 Å². The van der Waals surface area contributed by atoms with Crippen LogP contribution in [-0.2, 0) is 37.3 Å². The van der Waals surface area contributed by atoms with Crippen molar-refractivity contribution >= 4 is 21.8 Å². The van der Waals surface area contributed by atoms with E-state index in [1.54, 1.807) is 11.7 Å². The predicted octanol–water partition coefficient (Wildman–Crippen LogP) is 2.95. The summed E-state index contributed by atoms with van der Waals surface area (Å²) in [4.78, 5) is 14.1. The Hall–Kier alpha value is -1.77. The highest BCUT2D eigenvalue weighted by atomic mass is 79.9. The molecule has 1 aliphatic rings. The first kappa shape index (κ1) is 18.0. The highest BCUT2D eigenvalue weighted by molar-refractivity contribution is 9.10. The van der Waals surface area contributed by atoms with Crippen molar-refractivity contribution in [2.45, 2.75) is 52.2 Å². The second kappa shape index (κ2) is 7.23. The number of nitrogens with zero attached hydrogens (tertiary/aromatic N) is 5. The van der Waals surface area contributed by atoms with E-state index in [0.29, 0.717) is 24.9 Å². The summed E-state index contributed by atoms with van der Waals surface area (Å²) in [5.41, 5.74) is 1.98. The first-order chi connectivity index (χ1) is 11.9. The molecule has 0 unspecified atom stereocenters. The van der Waals surface area contributed by atoms with Crippen molar-refractivity contribution in [1.82, 2.24) is 24.5 Å². The number of halogens is 3. The molecular weight excluding hydrogens is 396 g/mol. The highest BCUT2D eigenvalue weighted by Crippen LogP contribution is 2.31. The zero-order valence-corrected chi connectivity index (χ0v) is 15.8. The molecule has 0 fully saturated rings. The van der Waals surface area contributed by atoms with Crippen molar-refractivity contribution in [3.8, 4) is 0 Å². The van der Waals surface area contributed by atoms with Crippen LogP contribution in [0.3, 0.4) is 0 Å². The van der Waals surface area contributed by atoms with E-state index in [2.05, 4.69) is 26.1 Å². The van der Waals surface area contributed by atoms with E-state index in [-0.39, 0.29) is 18.1 Å². The lowest BCUT2D eigenvalue weighted by molar-refractivity contribution is -0.131. The molecule has 0 atom stereocenters. The summed E-state index contributed by atoms with van der Waals surface area (Å²) in [5, 5.41) is 8.38. The van der Waals surface area contributed by atoms with Gasteiger partial charge in [-0.15, -0.1) is 0 Å². The van der Waals surface area contributed by atoms with Crippen LogP contribution in [0.25, 0.3) is 0 Å². The van der Waals surface area contributed by atoms with Crippen LogP contribution in [0.5, 0.6) is 0 Å². The molecule has 1 aliphatic carbocycles. The molecular formula is C16H20BrF2N5O. The third kappa shape index (κ3) is 3.61. The lowest BCUT2D eigenvalue weighted by Crippen LogP contribution is -2.31. The van der Waals surface area contributed by atoms with Crippen LogP contribution in [-0.4, -0.2) is 37.4 Å². The Bertz CT molecular complexity index is 786. The number of aromatic nitrogens is 4. The highest BCUT2D eigenvalue weighted by Gasteiger charge is 2.28. The zero-order chi connectivity index (χ0) is 18.1. The van der Waals surface area contributed by atoms with Crippen LogP contribution in [0.15, 0.2) is 10.7 Å². The SMILES string of the molecule is CCn1cc(Br)c(CN(C)C(=O)Cn2nc(C(F)F)c3c2CCC3)n1.